The molecule has 6 heteroatoms. The van der Waals surface area contributed by atoms with E-state index in [0.29, 0.717) is 24.6 Å². The van der Waals surface area contributed by atoms with Gasteiger partial charge < -0.3 is 10.3 Å². The summed E-state index contributed by atoms with van der Waals surface area (Å²) in [7, 11) is 0. The molecule has 4 nitrogen and oxygen atoms in total. The first kappa shape index (κ1) is 10.5. The first-order valence-corrected chi connectivity index (χ1v) is 4.92. The molecule has 1 fully saturated rings. The number of hydrogen-bond acceptors (Lipinski definition) is 4. The standard InChI is InChI=1S/C9H13F2N3O/c1-5-13-8(15-14-5)6-2-3-7(12)9(10,11)4-6/h6-7H,2-4,12H2,1H3. The molecule has 2 atom stereocenters. The van der Waals surface area contributed by atoms with Crippen LogP contribution in [0.2, 0.25) is 0 Å². The van der Waals surface area contributed by atoms with E-state index in [2.05, 4.69) is 10.1 Å². The van der Waals surface area contributed by atoms with Gasteiger partial charge in [-0.15, -0.1) is 0 Å². The smallest absolute Gasteiger partial charge is 0.263 e. The molecule has 2 unspecified atom stereocenters. The molecule has 0 bridgehead atoms. The van der Waals surface area contributed by atoms with Gasteiger partial charge in [0.2, 0.25) is 5.89 Å². The Kier molecular flexibility index (Phi) is 2.46. The number of hydrogen-bond donors (Lipinski definition) is 1. The van der Waals surface area contributed by atoms with Gasteiger partial charge in [0.1, 0.15) is 0 Å². The molecule has 1 aromatic rings. The van der Waals surface area contributed by atoms with Crippen molar-refractivity contribution in [2.24, 2.45) is 5.73 Å². The fourth-order valence-electron chi connectivity index (χ4n) is 1.86. The first-order chi connectivity index (χ1) is 6.99. The molecule has 0 spiro atoms. The minimum atomic E-state index is -2.83. The summed E-state index contributed by atoms with van der Waals surface area (Å²) >= 11 is 0. The monoisotopic (exact) mass is 217 g/mol. The lowest BCUT2D eigenvalue weighted by Crippen LogP contribution is -2.45. The fraction of sp³-hybridized carbons (Fsp3) is 0.778. The van der Waals surface area contributed by atoms with Crippen molar-refractivity contribution in [3.63, 3.8) is 0 Å². The molecular weight excluding hydrogens is 204 g/mol. The molecule has 1 aliphatic rings. The lowest BCUT2D eigenvalue weighted by molar-refractivity contribution is -0.0612. The summed E-state index contributed by atoms with van der Waals surface area (Å²) in [5.41, 5.74) is 5.34. The molecule has 2 N–H and O–H groups in total. The predicted molar refractivity (Wildman–Crippen MR) is 48.5 cm³/mol. The highest BCUT2D eigenvalue weighted by atomic mass is 19.3. The summed E-state index contributed by atoms with van der Waals surface area (Å²) in [5, 5.41) is 3.60. The largest absolute Gasteiger partial charge is 0.339 e. The van der Waals surface area contributed by atoms with Gasteiger partial charge in [0.25, 0.3) is 5.92 Å². The van der Waals surface area contributed by atoms with Gasteiger partial charge in [0.05, 0.1) is 6.04 Å². The lowest BCUT2D eigenvalue weighted by atomic mass is 9.83. The molecule has 0 radical (unpaired) electrons. The van der Waals surface area contributed by atoms with Crippen LogP contribution in [0.4, 0.5) is 8.78 Å². The molecule has 1 heterocycles. The summed E-state index contributed by atoms with van der Waals surface area (Å²) in [6, 6.07) is -1.04. The number of halogens is 2. The van der Waals surface area contributed by atoms with Crippen LogP contribution in [0, 0.1) is 6.92 Å². The van der Waals surface area contributed by atoms with E-state index in [9.17, 15) is 8.78 Å². The number of rotatable bonds is 1. The second-order valence-corrected chi connectivity index (χ2v) is 4.03. The van der Waals surface area contributed by atoms with E-state index in [1.54, 1.807) is 6.92 Å². The van der Waals surface area contributed by atoms with Crippen molar-refractivity contribution < 1.29 is 13.3 Å². The molecule has 1 aliphatic carbocycles. The molecule has 0 saturated heterocycles. The Balaban J connectivity index is 2.13. The molecule has 84 valence electrons. The van der Waals surface area contributed by atoms with Gasteiger partial charge in [-0.3, -0.25) is 0 Å². The maximum absolute atomic E-state index is 13.3. The highest BCUT2D eigenvalue weighted by Crippen LogP contribution is 2.40. The average Bonchev–Trinajstić information content (AvgIpc) is 2.57. The molecule has 2 rings (SSSR count). The van der Waals surface area contributed by atoms with Crippen molar-refractivity contribution in [3.05, 3.63) is 11.7 Å². The third-order valence-corrected chi connectivity index (χ3v) is 2.78. The van der Waals surface area contributed by atoms with E-state index in [1.165, 1.54) is 0 Å². The second-order valence-electron chi connectivity index (χ2n) is 4.03. The molecule has 0 aromatic carbocycles. The Morgan fingerprint density at radius 2 is 2.20 bits per heavy atom. The van der Waals surface area contributed by atoms with Crippen LogP contribution in [0.1, 0.15) is 36.9 Å². The summed E-state index contributed by atoms with van der Waals surface area (Å²) in [6.45, 7) is 1.67. The number of aromatic nitrogens is 2. The van der Waals surface area contributed by atoms with Crippen LogP contribution >= 0.6 is 0 Å². The zero-order valence-electron chi connectivity index (χ0n) is 8.41. The molecule has 1 aromatic heterocycles. The van der Waals surface area contributed by atoms with Gasteiger partial charge in [0, 0.05) is 12.3 Å². The van der Waals surface area contributed by atoms with Crippen LogP contribution in [-0.4, -0.2) is 22.1 Å². The van der Waals surface area contributed by atoms with Crippen LogP contribution < -0.4 is 5.73 Å². The molecule has 0 amide bonds. The Bertz CT molecular complexity index is 353. The Morgan fingerprint density at radius 1 is 1.47 bits per heavy atom. The molecule has 1 saturated carbocycles. The van der Waals surface area contributed by atoms with E-state index in [-0.39, 0.29) is 12.3 Å². The Hall–Kier alpha value is -1.04. The topological polar surface area (TPSA) is 64.9 Å². The van der Waals surface area contributed by atoms with Gasteiger partial charge in [-0.05, 0) is 19.8 Å². The minimum absolute atomic E-state index is 0.291. The third-order valence-electron chi connectivity index (χ3n) is 2.78. The molecule has 15 heavy (non-hydrogen) atoms. The number of aryl methyl sites for hydroxylation is 1. The SMILES string of the molecule is Cc1noc(C2CCC(N)C(F)(F)C2)n1. The zero-order valence-corrected chi connectivity index (χ0v) is 8.41. The van der Waals surface area contributed by atoms with Crippen molar-refractivity contribution in [1.82, 2.24) is 10.1 Å². The number of nitrogens with two attached hydrogens (primary N) is 1. The quantitative estimate of drug-likeness (QED) is 0.776. The van der Waals surface area contributed by atoms with Gasteiger partial charge >= 0.3 is 0 Å². The van der Waals surface area contributed by atoms with Crippen molar-refractivity contribution in [3.8, 4) is 0 Å². The number of nitrogens with zero attached hydrogens (tertiary/aromatic N) is 2. The predicted octanol–water partition coefficient (Wildman–Crippen LogP) is 1.61. The normalized spacial score (nSPS) is 30.4. The summed E-state index contributed by atoms with van der Waals surface area (Å²) in [6.07, 6.45) is 0.577. The van der Waals surface area contributed by atoms with Crippen LogP contribution in [0.25, 0.3) is 0 Å². The fourth-order valence-corrected chi connectivity index (χ4v) is 1.86. The van der Waals surface area contributed by atoms with Crippen LogP contribution in [-0.2, 0) is 0 Å². The van der Waals surface area contributed by atoms with E-state index < -0.39 is 12.0 Å². The molecule has 0 aliphatic heterocycles. The van der Waals surface area contributed by atoms with E-state index >= 15 is 0 Å². The van der Waals surface area contributed by atoms with Gasteiger partial charge in [-0.2, -0.15) is 4.98 Å². The highest BCUT2D eigenvalue weighted by molar-refractivity contribution is 5.01. The lowest BCUT2D eigenvalue weighted by Gasteiger charge is -2.31. The highest BCUT2D eigenvalue weighted by Gasteiger charge is 2.44. The maximum Gasteiger partial charge on any atom is 0.263 e. The van der Waals surface area contributed by atoms with Crippen LogP contribution in [0.15, 0.2) is 4.52 Å². The molecular formula is C9H13F2N3O. The third kappa shape index (κ3) is 1.99. The Labute approximate surface area is 85.8 Å². The van der Waals surface area contributed by atoms with Gasteiger partial charge in [-0.25, -0.2) is 8.78 Å². The van der Waals surface area contributed by atoms with E-state index in [4.69, 9.17) is 10.3 Å². The van der Waals surface area contributed by atoms with Gasteiger partial charge in [0.15, 0.2) is 5.82 Å². The van der Waals surface area contributed by atoms with Gasteiger partial charge in [-0.1, -0.05) is 5.16 Å². The zero-order chi connectivity index (χ0) is 11.1. The second kappa shape index (κ2) is 3.52. The van der Waals surface area contributed by atoms with Crippen molar-refractivity contribution in [2.75, 3.05) is 0 Å². The van der Waals surface area contributed by atoms with E-state index in [1.807, 2.05) is 0 Å². The van der Waals surface area contributed by atoms with E-state index in [0.717, 1.165) is 0 Å². The van der Waals surface area contributed by atoms with Crippen molar-refractivity contribution in [2.45, 2.75) is 44.1 Å². The Morgan fingerprint density at radius 3 is 2.73 bits per heavy atom. The summed E-state index contributed by atoms with van der Waals surface area (Å²) < 4.78 is 31.5. The maximum atomic E-state index is 13.3. The average molecular weight is 217 g/mol. The summed E-state index contributed by atoms with van der Waals surface area (Å²) in [4.78, 5) is 3.97. The van der Waals surface area contributed by atoms with Crippen LogP contribution in [0.3, 0.4) is 0 Å². The number of alkyl halides is 2. The van der Waals surface area contributed by atoms with Crippen LogP contribution in [0.5, 0.6) is 0 Å². The summed E-state index contributed by atoms with van der Waals surface area (Å²) in [5.74, 6) is -2.41. The van der Waals surface area contributed by atoms with Crippen molar-refractivity contribution >= 4 is 0 Å². The minimum Gasteiger partial charge on any atom is -0.339 e. The van der Waals surface area contributed by atoms with Crippen molar-refractivity contribution in [1.29, 1.82) is 0 Å². The first-order valence-electron chi connectivity index (χ1n) is 4.92.